The van der Waals surface area contributed by atoms with Crippen LogP contribution in [0, 0.1) is 12.8 Å². The second-order valence-electron chi connectivity index (χ2n) is 4.24. The first-order valence-corrected chi connectivity index (χ1v) is 5.48. The molecule has 0 aromatic heterocycles. The molecule has 1 aromatic carbocycles. The summed E-state index contributed by atoms with van der Waals surface area (Å²) in [6, 6.07) is 7.54. The molecule has 4 nitrogen and oxygen atoms in total. The summed E-state index contributed by atoms with van der Waals surface area (Å²) in [5, 5.41) is 8.66. The van der Waals surface area contributed by atoms with Gasteiger partial charge in [0.1, 0.15) is 0 Å². The van der Waals surface area contributed by atoms with Crippen molar-refractivity contribution in [3.05, 3.63) is 29.8 Å². The van der Waals surface area contributed by atoms with Crippen LogP contribution >= 0.6 is 0 Å². The summed E-state index contributed by atoms with van der Waals surface area (Å²) in [5.74, 6) is -1.65. The molecule has 1 unspecified atom stereocenters. The molecule has 0 aliphatic heterocycles. The van der Waals surface area contributed by atoms with Gasteiger partial charge in [-0.3, -0.25) is 9.59 Å². The van der Waals surface area contributed by atoms with Gasteiger partial charge in [0.2, 0.25) is 5.91 Å². The van der Waals surface area contributed by atoms with Gasteiger partial charge >= 0.3 is 5.97 Å². The summed E-state index contributed by atoms with van der Waals surface area (Å²) in [6.07, 6.45) is -0.144. The molecule has 0 heterocycles. The molecule has 17 heavy (non-hydrogen) atoms. The Labute approximate surface area is 101 Å². The van der Waals surface area contributed by atoms with E-state index in [1.165, 1.54) is 4.90 Å². The monoisotopic (exact) mass is 235 g/mol. The topological polar surface area (TPSA) is 57.6 Å². The second kappa shape index (κ2) is 5.48. The second-order valence-corrected chi connectivity index (χ2v) is 4.24. The number of carbonyl (C=O) groups excluding carboxylic acids is 1. The number of nitrogens with zero attached hydrogens (tertiary/aromatic N) is 1. The lowest BCUT2D eigenvalue weighted by atomic mass is 10.1. The minimum atomic E-state index is -0.955. The highest BCUT2D eigenvalue weighted by molar-refractivity contribution is 5.95. The van der Waals surface area contributed by atoms with E-state index in [4.69, 9.17) is 5.11 Å². The van der Waals surface area contributed by atoms with Gasteiger partial charge in [-0.25, -0.2) is 0 Å². The van der Waals surface area contributed by atoms with Crippen LogP contribution in [0.2, 0.25) is 0 Å². The van der Waals surface area contributed by atoms with Crippen molar-refractivity contribution in [2.75, 3.05) is 11.9 Å². The van der Waals surface area contributed by atoms with Crippen LogP contribution in [0.4, 0.5) is 5.69 Å². The number of hydrogen-bond acceptors (Lipinski definition) is 2. The van der Waals surface area contributed by atoms with Crippen molar-refractivity contribution in [1.82, 2.24) is 0 Å². The van der Waals surface area contributed by atoms with E-state index < -0.39 is 11.9 Å². The van der Waals surface area contributed by atoms with Crippen LogP contribution in [0.25, 0.3) is 0 Å². The summed E-state index contributed by atoms with van der Waals surface area (Å²) in [6.45, 7) is 3.57. The van der Waals surface area contributed by atoms with Gasteiger partial charge in [0.15, 0.2) is 0 Å². The van der Waals surface area contributed by atoms with Gasteiger partial charge in [-0.1, -0.05) is 19.1 Å². The van der Waals surface area contributed by atoms with Crippen molar-refractivity contribution >= 4 is 17.6 Å². The molecule has 0 aliphatic carbocycles. The molecule has 1 amide bonds. The maximum atomic E-state index is 12.0. The molecule has 0 spiro atoms. The molecule has 0 aliphatic rings. The van der Waals surface area contributed by atoms with Crippen molar-refractivity contribution in [2.24, 2.45) is 5.92 Å². The van der Waals surface area contributed by atoms with E-state index in [1.807, 2.05) is 31.2 Å². The van der Waals surface area contributed by atoms with E-state index in [0.717, 1.165) is 11.3 Å². The van der Waals surface area contributed by atoms with Crippen LogP contribution in [0.15, 0.2) is 24.3 Å². The summed E-state index contributed by atoms with van der Waals surface area (Å²) in [5.41, 5.74) is 1.85. The fraction of sp³-hybridized carbons (Fsp3) is 0.385. The Morgan fingerprint density at radius 3 is 2.59 bits per heavy atom. The molecule has 1 rings (SSSR count). The van der Waals surface area contributed by atoms with E-state index in [0.29, 0.717) is 0 Å². The van der Waals surface area contributed by atoms with E-state index in [9.17, 15) is 9.59 Å². The molecule has 1 aromatic rings. The molecule has 1 atom stereocenters. The molecule has 0 radical (unpaired) electrons. The minimum absolute atomic E-state index is 0.144. The minimum Gasteiger partial charge on any atom is -0.481 e. The molecule has 92 valence electrons. The van der Waals surface area contributed by atoms with Gasteiger partial charge in [-0.15, -0.1) is 0 Å². The van der Waals surface area contributed by atoms with Crippen LogP contribution in [-0.4, -0.2) is 24.0 Å². The number of carboxylic acid groups (broad SMARTS) is 1. The predicted molar refractivity (Wildman–Crippen MR) is 66.0 cm³/mol. The number of aliphatic carboxylic acids is 1. The Hall–Kier alpha value is -1.84. The number of anilines is 1. The molecule has 4 heteroatoms. The third-order valence-corrected chi connectivity index (χ3v) is 2.62. The SMILES string of the molecule is Cc1cccc(N(C)C(=O)C(C)CC(=O)O)c1. The van der Waals surface area contributed by atoms with Crippen LogP contribution in [0.5, 0.6) is 0 Å². The lowest BCUT2D eigenvalue weighted by Gasteiger charge is -2.21. The first-order chi connectivity index (χ1) is 7.91. The van der Waals surface area contributed by atoms with Gasteiger partial charge in [0, 0.05) is 18.7 Å². The van der Waals surface area contributed by atoms with Crippen molar-refractivity contribution in [1.29, 1.82) is 0 Å². The first-order valence-electron chi connectivity index (χ1n) is 5.48. The largest absolute Gasteiger partial charge is 0.481 e. The Morgan fingerprint density at radius 1 is 1.41 bits per heavy atom. The highest BCUT2D eigenvalue weighted by Gasteiger charge is 2.21. The van der Waals surface area contributed by atoms with Gasteiger partial charge < -0.3 is 10.0 Å². The fourth-order valence-corrected chi connectivity index (χ4v) is 1.64. The number of carbonyl (C=O) groups is 2. The van der Waals surface area contributed by atoms with Crippen molar-refractivity contribution in [3.63, 3.8) is 0 Å². The van der Waals surface area contributed by atoms with Gasteiger partial charge in [0.05, 0.1) is 6.42 Å². The van der Waals surface area contributed by atoms with Gasteiger partial charge in [-0.2, -0.15) is 0 Å². The molecule has 0 fully saturated rings. The first kappa shape index (κ1) is 13.2. The van der Waals surface area contributed by atoms with E-state index in [2.05, 4.69) is 0 Å². The molecule has 0 saturated carbocycles. The Kier molecular flexibility index (Phi) is 4.26. The number of aryl methyl sites for hydroxylation is 1. The zero-order valence-corrected chi connectivity index (χ0v) is 10.3. The Morgan fingerprint density at radius 2 is 2.06 bits per heavy atom. The van der Waals surface area contributed by atoms with Crippen molar-refractivity contribution < 1.29 is 14.7 Å². The highest BCUT2D eigenvalue weighted by atomic mass is 16.4. The molecular formula is C13H17NO3. The zero-order valence-electron chi connectivity index (χ0n) is 10.3. The number of amides is 1. The maximum absolute atomic E-state index is 12.0. The number of rotatable bonds is 4. The lowest BCUT2D eigenvalue weighted by molar-refractivity contribution is -0.140. The van der Waals surface area contributed by atoms with Crippen LogP contribution in [0.3, 0.4) is 0 Å². The number of hydrogen-bond donors (Lipinski definition) is 1. The van der Waals surface area contributed by atoms with Crippen LogP contribution in [-0.2, 0) is 9.59 Å². The summed E-state index contributed by atoms with van der Waals surface area (Å²) >= 11 is 0. The van der Waals surface area contributed by atoms with E-state index in [1.54, 1.807) is 14.0 Å². The van der Waals surface area contributed by atoms with Crippen LogP contribution in [0.1, 0.15) is 18.9 Å². The normalized spacial score (nSPS) is 11.9. The Bertz CT molecular complexity index is 428. The fourth-order valence-electron chi connectivity index (χ4n) is 1.64. The smallest absolute Gasteiger partial charge is 0.304 e. The number of benzene rings is 1. The van der Waals surface area contributed by atoms with Crippen molar-refractivity contribution in [3.8, 4) is 0 Å². The average Bonchev–Trinajstić information content (AvgIpc) is 2.26. The highest BCUT2D eigenvalue weighted by Crippen LogP contribution is 2.17. The molecular weight excluding hydrogens is 218 g/mol. The van der Waals surface area contributed by atoms with Gasteiger partial charge in [0.25, 0.3) is 0 Å². The van der Waals surface area contributed by atoms with E-state index >= 15 is 0 Å². The third-order valence-electron chi connectivity index (χ3n) is 2.62. The van der Waals surface area contributed by atoms with Gasteiger partial charge in [-0.05, 0) is 24.6 Å². The summed E-state index contributed by atoms with van der Waals surface area (Å²) in [4.78, 5) is 24.0. The third kappa shape index (κ3) is 3.59. The average molecular weight is 235 g/mol. The quantitative estimate of drug-likeness (QED) is 0.869. The molecule has 1 N–H and O–H groups in total. The standard InChI is InChI=1S/C13H17NO3/c1-9-5-4-6-11(7-9)14(3)13(17)10(2)8-12(15)16/h4-7,10H,8H2,1-3H3,(H,15,16). The van der Waals surface area contributed by atoms with E-state index in [-0.39, 0.29) is 12.3 Å². The summed E-state index contributed by atoms with van der Waals surface area (Å²) < 4.78 is 0. The predicted octanol–water partition coefficient (Wildman–Crippen LogP) is 2.07. The zero-order chi connectivity index (χ0) is 13.0. The van der Waals surface area contributed by atoms with Crippen LogP contribution < -0.4 is 4.90 Å². The van der Waals surface area contributed by atoms with Crippen molar-refractivity contribution in [2.45, 2.75) is 20.3 Å². The number of carboxylic acids is 1. The maximum Gasteiger partial charge on any atom is 0.304 e. The molecule has 0 saturated heterocycles. The summed E-state index contributed by atoms with van der Waals surface area (Å²) in [7, 11) is 1.66. The molecule has 0 bridgehead atoms. The Balaban J connectivity index is 2.79. The lowest BCUT2D eigenvalue weighted by Crippen LogP contribution is -2.32.